The monoisotopic (exact) mass is 441 g/mol. The first kappa shape index (κ1) is 19.0. The van der Waals surface area contributed by atoms with Gasteiger partial charge in [-0.15, -0.1) is 11.3 Å². The van der Waals surface area contributed by atoms with E-state index in [0.717, 1.165) is 17.7 Å². The van der Waals surface area contributed by atoms with Crippen LogP contribution in [0.4, 0.5) is 5.69 Å². The van der Waals surface area contributed by atoms with E-state index in [1.54, 1.807) is 0 Å². The van der Waals surface area contributed by atoms with Gasteiger partial charge in [-0.25, -0.2) is 5.20 Å². The van der Waals surface area contributed by atoms with Crippen molar-refractivity contribution < 1.29 is 14.0 Å². The maximum atomic E-state index is 11.4. The normalized spacial score (nSPS) is 16.4. The van der Waals surface area contributed by atoms with Gasteiger partial charge in [0, 0.05) is 4.88 Å². The number of rotatable bonds is 7. The van der Waals surface area contributed by atoms with Gasteiger partial charge >= 0.3 is 12.3 Å². The minimum Gasteiger partial charge on any atom is -0.313 e. The van der Waals surface area contributed by atoms with Crippen molar-refractivity contribution in [3.05, 3.63) is 24.3 Å². The summed E-state index contributed by atoms with van der Waals surface area (Å²) in [6.45, 7) is 1.76. The highest BCUT2D eigenvalue weighted by Gasteiger charge is 2.32. The SMILES string of the molecule is CCOP(=S)(NN=C1CCCc2sc(Br)c([N+](=O)[O-])c21)OCC. The fourth-order valence-corrected chi connectivity index (χ4v) is 6.13. The van der Waals surface area contributed by atoms with E-state index in [0.29, 0.717) is 34.7 Å². The third kappa shape index (κ3) is 4.37. The van der Waals surface area contributed by atoms with E-state index in [-0.39, 0.29) is 10.6 Å². The Hall–Kier alpha value is -0.380. The molecule has 0 unspecified atom stereocenters. The number of nitrogens with one attached hydrogen (secondary N) is 1. The van der Waals surface area contributed by atoms with Crippen LogP contribution in [0.15, 0.2) is 8.89 Å². The second kappa shape index (κ2) is 8.13. The second-order valence-electron chi connectivity index (χ2n) is 4.62. The molecule has 0 fully saturated rings. The van der Waals surface area contributed by atoms with Crippen LogP contribution in [0.2, 0.25) is 0 Å². The molecule has 1 aromatic rings. The Balaban J connectivity index is 2.36. The van der Waals surface area contributed by atoms with Crippen molar-refractivity contribution in [2.45, 2.75) is 33.1 Å². The van der Waals surface area contributed by atoms with Crippen LogP contribution in [0.1, 0.15) is 37.1 Å². The number of fused-ring (bicyclic) bond motifs is 1. The fourth-order valence-electron chi connectivity index (χ4n) is 2.28. The van der Waals surface area contributed by atoms with E-state index < -0.39 is 6.64 Å². The Bertz CT molecular complexity index is 670. The Kier molecular flexibility index (Phi) is 6.70. The molecule has 2 rings (SSSR count). The highest BCUT2D eigenvalue weighted by molar-refractivity contribution is 9.11. The van der Waals surface area contributed by atoms with Crippen LogP contribution in [-0.4, -0.2) is 23.8 Å². The minimum atomic E-state index is -2.71. The highest BCUT2D eigenvalue weighted by Crippen LogP contribution is 2.45. The predicted molar refractivity (Wildman–Crippen MR) is 98.8 cm³/mol. The van der Waals surface area contributed by atoms with Gasteiger partial charge in [0.25, 0.3) is 0 Å². The molecule has 11 heteroatoms. The number of hydrogen-bond donors (Lipinski definition) is 1. The van der Waals surface area contributed by atoms with Crippen molar-refractivity contribution in [3.8, 4) is 0 Å². The molecular formula is C12H17BrN3O4PS2. The number of halogens is 1. The number of nitrogens with zero attached hydrogens (tertiary/aromatic N) is 2. The van der Waals surface area contributed by atoms with Gasteiger partial charge in [-0.3, -0.25) is 10.1 Å². The van der Waals surface area contributed by atoms with Gasteiger partial charge in [-0.2, -0.15) is 5.10 Å². The molecule has 1 N–H and O–H groups in total. The maximum absolute atomic E-state index is 11.4. The van der Waals surface area contributed by atoms with E-state index in [1.807, 2.05) is 13.8 Å². The first-order valence-electron chi connectivity index (χ1n) is 7.10. The molecule has 1 aromatic heterocycles. The number of hydrogen-bond acceptors (Lipinski definition) is 7. The van der Waals surface area contributed by atoms with Crippen molar-refractivity contribution in [1.29, 1.82) is 0 Å². The lowest BCUT2D eigenvalue weighted by Gasteiger charge is -2.21. The summed E-state index contributed by atoms with van der Waals surface area (Å²) in [6.07, 6.45) is 2.36. The standard InChI is InChI=1S/C12H17BrN3O4PS2/c1-3-19-21(22,20-4-2)15-14-8-6-5-7-9-10(8)11(16(17)18)12(13)23-9/h3-7H2,1-2H3,(H,15,22). The zero-order valence-electron chi connectivity index (χ0n) is 12.7. The summed E-state index contributed by atoms with van der Waals surface area (Å²) in [5.41, 5.74) is 1.31. The summed E-state index contributed by atoms with van der Waals surface area (Å²) in [6, 6.07) is 0. The number of hydrazone groups is 1. The lowest BCUT2D eigenvalue weighted by molar-refractivity contribution is -0.385. The lowest BCUT2D eigenvalue weighted by atomic mass is 9.96. The Morgan fingerprint density at radius 2 is 2.09 bits per heavy atom. The quantitative estimate of drug-likeness (QED) is 0.384. The van der Waals surface area contributed by atoms with Gasteiger partial charge in [0.2, 0.25) is 0 Å². The summed E-state index contributed by atoms with van der Waals surface area (Å²) in [5.74, 6) is 0. The third-order valence-electron chi connectivity index (χ3n) is 3.11. The molecule has 1 heterocycles. The van der Waals surface area contributed by atoms with Crippen LogP contribution >= 0.6 is 33.9 Å². The molecule has 0 radical (unpaired) electrons. The minimum absolute atomic E-state index is 0.0753. The average molecular weight is 442 g/mol. The lowest BCUT2D eigenvalue weighted by Crippen LogP contribution is -2.17. The fraction of sp³-hybridized carbons (Fsp3) is 0.583. The molecule has 0 saturated carbocycles. The second-order valence-corrected chi connectivity index (χ2v) is 10.2. The first-order chi connectivity index (χ1) is 10.9. The van der Waals surface area contributed by atoms with Crippen LogP contribution in [-0.2, 0) is 27.3 Å². The van der Waals surface area contributed by atoms with Crippen LogP contribution in [0.25, 0.3) is 0 Å². The number of aryl methyl sites for hydroxylation is 1. The maximum Gasteiger partial charge on any atom is 0.303 e. The predicted octanol–water partition coefficient (Wildman–Crippen LogP) is 4.35. The molecule has 0 atom stereocenters. The van der Waals surface area contributed by atoms with Crippen molar-refractivity contribution in [3.63, 3.8) is 0 Å². The molecule has 0 aromatic carbocycles. The molecule has 0 amide bonds. The van der Waals surface area contributed by atoms with E-state index >= 15 is 0 Å². The number of nitro groups is 1. The molecule has 7 nitrogen and oxygen atoms in total. The van der Waals surface area contributed by atoms with Crippen molar-refractivity contribution in [2.75, 3.05) is 13.2 Å². The van der Waals surface area contributed by atoms with E-state index in [1.165, 1.54) is 11.3 Å². The van der Waals surface area contributed by atoms with Crippen LogP contribution in [0.5, 0.6) is 0 Å². The van der Waals surface area contributed by atoms with Crippen molar-refractivity contribution >= 4 is 57.1 Å². The van der Waals surface area contributed by atoms with Crippen LogP contribution in [0.3, 0.4) is 0 Å². The van der Waals surface area contributed by atoms with Gasteiger partial charge in [0.15, 0.2) is 0 Å². The topological polar surface area (TPSA) is 86.0 Å². The van der Waals surface area contributed by atoms with Crippen LogP contribution < -0.4 is 5.20 Å². The van der Waals surface area contributed by atoms with Gasteiger partial charge < -0.3 is 9.05 Å². The molecule has 0 saturated heterocycles. The van der Waals surface area contributed by atoms with Gasteiger partial charge in [0.1, 0.15) is 3.79 Å². The molecule has 0 spiro atoms. The largest absolute Gasteiger partial charge is 0.313 e. The summed E-state index contributed by atoms with van der Waals surface area (Å²) >= 11 is 10.0. The Morgan fingerprint density at radius 3 is 2.65 bits per heavy atom. The number of thiophene rings is 1. The first-order valence-corrected chi connectivity index (χ1v) is 11.4. The summed E-state index contributed by atoms with van der Waals surface area (Å²) in [5, 5.41) is 18.5. The summed E-state index contributed by atoms with van der Waals surface area (Å²) in [4.78, 5) is 11.9. The average Bonchev–Trinajstić information content (AvgIpc) is 2.82. The molecule has 128 valence electrons. The van der Waals surface area contributed by atoms with Crippen molar-refractivity contribution in [2.24, 2.45) is 5.10 Å². The Morgan fingerprint density at radius 1 is 1.43 bits per heavy atom. The van der Waals surface area contributed by atoms with Crippen molar-refractivity contribution in [1.82, 2.24) is 5.20 Å². The van der Waals surface area contributed by atoms with Gasteiger partial charge in [0.05, 0.1) is 29.4 Å². The van der Waals surface area contributed by atoms with Gasteiger partial charge in [-0.05, 0) is 60.8 Å². The zero-order valence-corrected chi connectivity index (χ0v) is 16.8. The summed E-state index contributed by atoms with van der Waals surface area (Å²) < 4.78 is 11.5. The van der Waals surface area contributed by atoms with E-state index in [4.69, 9.17) is 20.9 Å². The third-order valence-corrected chi connectivity index (χ3v) is 7.42. The molecule has 0 bridgehead atoms. The zero-order chi connectivity index (χ0) is 17.0. The molecule has 1 aliphatic rings. The molecular weight excluding hydrogens is 425 g/mol. The molecule has 23 heavy (non-hydrogen) atoms. The Labute approximate surface area is 151 Å². The smallest absolute Gasteiger partial charge is 0.303 e. The van der Waals surface area contributed by atoms with Gasteiger partial charge in [-0.1, -0.05) is 0 Å². The van der Waals surface area contributed by atoms with E-state index in [9.17, 15) is 10.1 Å². The molecule has 1 aliphatic carbocycles. The van der Waals surface area contributed by atoms with Crippen LogP contribution in [0, 0.1) is 10.1 Å². The van der Waals surface area contributed by atoms with E-state index in [2.05, 4.69) is 26.2 Å². The highest BCUT2D eigenvalue weighted by atomic mass is 79.9. The summed E-state index contributed by atoms with van der Waals surface area (Å²) in [7, 11) is 0. The molecule has 0 aliphatic heterocycles.